The highest BCUT2D eigenvalue weighted by Gasteiger charge is 2.33. The summed E-state index contributed by atoms with van der Waals surface area (Å²) in [5.74, 6) is -1.85. The number of hydrogen-bond acceptors (Lipinski definition) is 7. The summed E-state index contributed by atoms with van der Waals surface area (Å²) in [5.41, 5.74) is 0. The number of thioether (sulfide) groups is 1. The number of rotatable bonds is 13. The van der Waals surface area contributed by atoms with Crippen molar-refractivity contribution in [2.45, 2.75) is 62.6 Å². The van der Waals surface area contributed by atoms with Gasteiger partial charge >= 0.3 is 11.9 Å². The van der Waals surface area contributed by atoms with Gasteiger partial charge in [0.05, 0.1) is 0 Å². The Bertz CT molecular complexity index is 573. The average molecular weight is 453 g/mol. The van der Waals surface area contributed by atoms with Crippen LogP contribution in [0.2, 0.25) is 0 Å². The number of nitrogens with one attached hydrogen (secondary N) is 2. The van der Waals surface area contributed by atoms with Gasteiger partial charge in [-0.15, -0.1) is 0 Å². The standard InChI is InChI=1S/C17H28N2O6S3/c1-9(26-7-13(16(22)23)18-10(2)20)15(12-5-4-6-12)28-27-8-14(17(24)25)19-11(3)21/h9,12-15H,4-8H2,1-3H3,(H,18,20)(H,19,21)(H,22,23)(H,24,25). The minimum atomic E-state index is -1.06. The van der Waals surface area contributed by atoms with E-state index in [0.29, 0.717) is 5.92 Å². The summed E-state index contributed by atoms with van der Waals surface area (Å²) in [7, 11) is 3.03. The third-order valence-corrected chi connectivity index (χ3v) is 8.99. The Balaban J connectivity index is 2.59. The minimum Gasteiger partial charge on any atom is -0.480 e. The molecule has 0 saturated heterocycles. The van der Waals surface area contributed by atoms with Gasteiger partial charge in [0.15, 0.2) is 0 Å². The lowest BCUT2D eigenvalue weighted by Gasteiger charge is -2.36. The third kappa shape index (κ3) is 8.95. The van der Waals surface area contributed by atoms with E-state index in [-0.39, 0.29) is 33.8 Å². The molecule has 0 bridgehead atoms. The number of carboxylic acids is 2. The molecule has 11 heteroatoms. The summed E-state index contributed by atoms with van der Waals surface area (Å²) in [6.07, 6.45) is 3.37. The van der Waals surface area contributed by atoms with E-state index >= 15 is 0 Å². The van der Waals surface area contributed by atoms with Gasteiger partial charge in [0, 0.05) is 35.9 Å². The van der Waals surface area contributed by atoms with Crippen LogP contribution in [0.15, 0.2) is 0 Å². The van der Waals surface area contributed by atoms with Crippen molar-refractivity contribution in [1.29, 1.82) is 0 Å². The van der Waals surface area contributed by atoms with Crippen molar-refractivity contribution in [2.75, 3.05) is 11.5 Å². The SMILES string of the molecule is CC(=O)NC(CSSC(C1CCC1)C(C)SCC(NC(C)=O)C(=O)O)C(=O)O. The molecule has 28 heavy (non-hydrogen) atoms. The van der Waals surface area contributed by atoms with Gasteiger partial charge in [-0.25, -0.2) is 9.59 Å². The number of amides is 2. The molecule has 4 unspecified atom stereocenters. The zero-order valence-corrected chi connectivity index (χ0v) is 18.6. The average Bonchev–Trinajstić information content (AvgIpc) is 2.53. The highest BCUT2D eigenvalue weighted by atomic mass is 33.1. The first-order valence-electron chi connectivity index (χ1n) is 9.01. The Morgan fingerprint density at radius 3 is 1.86 bits per heavy atom. The zero-order chi connectivity index (χ0) is 21.3. The maximum Gasteiger partial charge on any atom is 0.327 e. The van der Waals surface area contributed by atoms with Crippen LogP contribution in [-0.2, 0) is 19.2 Å². The molecule has 1 rings (SSSR count). The Labute approximate surface area is 177 Å². The molecular weight excluding hydrogens is 424 g/mol. The summed E-state index contributed by atoms with van der Waals surface area (Å²) in [6, 6.07) is -1.86. The van der Waals surface area contributed by atoms with Crippen LogP contribution < -0.4 is 10.6 Å². The predicted octanol–water partition coefficient (Wildman–Crippen LogP) is 1.84. The zero-order valence-electron chi connectivity index (χ0n) is 16.2. The Morgan fingerprint density at radius 2 is 1.46 bits per heavy atom. The van der Waals surface area contributed by atoms with Gasteiger partial charge in [0.1, 0.15) is 12.1 Å². The highest BCUT2D eigenvalue weighted by molar-refractivity contribution is 8.77. The molecule has 160 valence electrons. The largest absolute Gasteiger partial charge is 0.480 e. The van der Waals surface area contributed by atoms with E-state index in [1.165, 1.54) is 36.4 Å². The predicted molar refractivity (Wildman–Crippen MR) is 114 cm³/mol. The van der Waals surface area contributed by atoms with E-state index in [1.807, 2.05) is 6.92 Å². The smallest absolute Gasteiger partial charge is 0.327 e. The van der Waals surface area contributed by atoms with Gasteiger partial charge in [0.25, 0.3) is 0 Å². The molecule has 0 heterocycles. The van der Waals surface area contributed by atoms with Crippen LogP contribution in [0.4, 0.5) is 0 Å². The summed E-state index contributed by atoms with van der Waals surface area (Å²) in [6.45, 7) is 4.62. The first-order chi connectivity index (χ1) is 13.1. The molecule has 0 radical (unpaired) electrons. The highest BCUT2D eigenvalue weighted by Crippen LogP contribution is 2.45. The fourth-order valence-corrected chi connectivity index (χ4v) is 7.69. The molecule has 1 aliphatic rings. The van der Waals surface area contributed by atoms with Gasteiger partial charge in [-0.3, -0.25) is 9.59 Å². The molecule has 4 atom stereocenters. The Hall–Kier alpha value is -1.07. The van der Waals surface area contributed by atoms with Crippen molar-refractivity contribution in [2.24, 2.45) is 5.92 Å². The second kappa shape index (κ2) is 12.5. The van der Waals surface area contributed by atoms with E-state index in [0.717, 1.165) is 19.3 Å². The fourth-order valence-electron chi connectivity index (χ4n) is 2.68. The molecule has 2 amide bonds. The minimum absolute atomic E-state index is 0.141. The lowest BCUT2D eigenvalue weighted by Crippen LogP contribution is -2.42. The second-order valence-corrected chi connectivity index (χ2v) is 10.8. The van der Waals surface area contributed by atoms with E-state index in [1.54, 1.807) is 10.8 Å². The Morgan fingerprint density at radius 1 is 0.964 bits per heavy atom. The number of carboxylic acid groups (broad SMARTS) is 2. The summed E-state index contributed by atoms with van der Waals surface area (Å²) in [5, 5.41) is 23.7. The van der Waals surface area contributed by atoms with Crippen molar-refractivity contribution in [3.63, 3.8) is 0 Å². The summed E-state index contributed by atoms with van der Waals surface area (Å²) < 4.78 is 0. The fraction of sp³-hybridized carbons (Fsp3) is 0.765. The molecular formula is C17H28N2O6S3. The molecule has 1 fully saturated rings. The molecule has 1 saturated carbocycles. The monoisotopic (exact) mass is 452 g/mol. The van der Waals surface area contributed by atoms with Gasteiger partial charge in [-0.1, -0.05) is 34.9 Å². The number of carbonyl (C=O) groups is 4. The second-order valence-electron chi connectivity index (χ2n) is 6.76. The van der Waals surface area contributed by atoms with Gasteiger partial charge in [0.2, 0.25) is 11.8 Å². The van der Waals surface area contributed by atoms with Crippen LogP contribution in [0, 0.1) is 5.92 Å². The normalized spacial score (nSPS) is 18.2. The van der Waals surface area contributed by atoms with Crippen LogP contribution in [0.5, 0.6) is 0 Å². The van der Waals surface area contributed by atoms with E-state index in [9.17, 15) is 29.4 Å². The van der Waals surface area contributed by atoms with Crippen LogP contribution in [0.25, 0.3) is 0 Å². The van der Waals surface area contributed by atoms with Crippen molar-refractivity contribution >= 4 is 57.1 Å². The van der Waals surface area contributed by atoms with Crippen molar-refractivity contribution in [3.05, 3.63) is 0 Å². The summed E-state index contributed by atoms with van der Waals surface area (Å²) in [4.78, 5) is 44.8. The number of hydrogen-bond donors (Lipinski definition) is 4. The number of aliphatic carboxylic acids is 2. The maximum atomic E-state index is 11.3. The topological polar surface area (TPSA) is 133 Å². The first kappa shape index (κ1) is 25.0. The van der Waals surface area contributed by atoms with Gasteiger partial charge in [-0.2, -0.15) is 11.8 Å². The third-order valence-electron chi connectivity index (χ3n) is 4.37. The quantitative estimate of drug-likeness (QED) is 0.309. The molecule has 0 aromatic rings. The number of carbonyl (C=O) groups excluding carboxylic acids is 2. The lowest BCUT2D eigenvalue weighted by atomic mass is 9.82. The van der Waals surface area contributed by atoms with Crippen LogP contribution in [0.1, 0.15) is 40.0 Å². The molecule has 8 nitrogen and oxygen atoms in total. The van der Waals surface area contributed by atoms with Crippen LogP contribution in [0.3, 0.4) is 0 Å². The molecule has 0 aliphatic heterocycles. The lowest BCUT2D eigenvalue weighted by molar-refractivity contribution is -0.141. The van der Waals surface area contributed by atoms with Gasteiger partial charge < -0.3 is 20.8 Å². The van der Waals surface area contributed by atoms with E-state index in [4.69, 9.17) is 0 Å². The van der Waals surface area contributed by atoms with Crippen molar-refractivity contribution < 1.29 is 29.4 Å². The van der Waals surface area contributed by atoms with E-state index < -0.39 is 24.0 Å². The van der Waals surface area contributed by atoms with E-state index in [2.05, 4.69) is 10.6 Å². The molecule has 0 spiro atoms. The van der Waals surface area contributed by atoms with Crippen LogP contribution in [-0.4, -0.2) is 68.1 Å². The van der Waals surface area contributed by atoms with Gasteiger partial charge in [-0.05, 0) is 18.8 Å². The van der Waals surface area contributed by atoms with Crippen LogP contribution >= 0.6 is 33.3 Å². The first-order valence-corrected chi connectivity index (χ1v) is 12.4. The Kier molecular flexibility index (Phi) is 11.1. The van der Waals surface area contributed by atoms with Crippen molar-refractivity contribution in [3.8, 4) is 0 Å². The van der Waals surface area contributed by atoms with Crippen molar-refractivity contribution in [1.82, 2.24) is 10.6 Å². The molecule has 0 aromatic heterocycles. The maximum absolute atomic E-state index is 11.3. The summed E-state index contributed by atoms with van der Waals surface area (Å²) >= 11 is 1.50. The molecule has 1 aliphatic carbocycles. The molecule has 4 N–H and O–H groups in total. The molecule has 0 aromatic carbocycles.